The first kappa shape index (κ1) is 13.9. The number of hydrogen-bond acceptors (Lipinski definition) is 3. The van der Waals surface area contributed by atoms with E-state index in [0.29, 0.717) is 12.1 Å². The quantitative estimate of drug-likeness (QED) is 0.747. The molecule has 0 aromatic heterocycles. The van der Waals surface area contributed by atoms with E-state index in [1.807, 2.05) is 0 Å². The molecule has 0 radical (unpaired) electrons. The van der Waals surface area contributed by atoms with E-state index in [1.54, 1.807) is 0 Å². The second-order valence-corrected chi connectivity index (χ2v) is 5.35. The van der Waals surface area contributed by atoms with Gasteiger partial charge in [0.2, 0.25) is 0 Å². The predicted octanol–water partition coefficient (Wildman–Crippen LogP) is 1.53. The van der Waals surface area contributed by atoms with Crippen molar-refractivity contribution in [3.63, 3.8) is 0 Å². The molecular weight excluding hydrogens is 198 g/mol. The van der Waals surface area contributed by atoms with Gasteiger partial charge in [-0.3, -0.25) is 4.90 Å². The van der Waals surface area contributed by atoms with Gasteiger partial charge in [-0.05, 0) is 39.9 Å². The summed E-state index contributed by atoms with van der Waals surface area (Å²) < 4.78 is 0. The topological polar surface area (TPSA) is 32.5 Å². The second kappa shape index (κ2) is 7.25. The van der Waals surface area contributed by atoms with Crippen LogP contribution in [0.15, 0.2) is 0 Å². The van der Waals surface area contributed by atoms with Gasteiger partial charge in [0.05, 0.1) is 0 Å². The van der Waals surface area contributed by atoms with Crippen molar-refractivity contribution in [3.8, 4) is 0 Å². The van der Waals surface area contributed by atoms with Crippen LogP contribution in [0.3, 0.4) is 0 Å². The van der Waals surface area contributed by atoms with E-state index in [0.717, 1.165) is 6.54 Å². The highest BCUT2D eigenvalue weighted by atomic mass is 15.2. The Morgan fingerprint density at radius 1 is 1.06 bits per heavy atom. The van der Waals surface area contributed by atoms with Crippen LogP contribution in [0.25, 0.3) is 0 Å². The molecule has 0 aliphatic heterocycles. The lowest BCUT2D eigenvalue weighted by molar-refractivity contribution is 0.127. The SMILES string of the molecule is CCCN(CCN(C)C)C1CCCCC1N. The molecule has 0 saturated heterocycles. The second-order valence-electron chi connectivity index (χ2n) is 5.35. The summed E-state index contributed by atoms with van der Waals surface area (Å²) in [6.45, 7) is 5.77. The summed E-state index contributed by atoms with van der Waals surface area (Å²) in [5, 5.41) is 0. The molecule has 3 nitrogen and oxygen atoms in total. The zero-order valence-corrected chi connectivity index (χ0v) is 11.3. The van der Waals surface area contributed by atoms with Gasteiger partial charge in [0.25, 0.3) is 0 Å². The first-order chi connectivity index (χ1) is 7.65. The summed E-state index contributed by atoms with van der Waals surface area (Å²) in [5.74, 6) is 0. The van der Waals surface area contributed by atoms with E-state index in [-0.39, 0.29) is 0 Å². The molecule has 0 heterocycles. The maximum atomic E-state index is 6.26. The average molecular weight is 227 g/mol. The molecule has 0 aromatic carbocycles. The molecular formula is C13H29N3. The van der Waals surface area contributed by atoms with Gasteiger partial charge in [0, 0.05) is 25.2 Å². The summed E-state index contributed by atoms with van der Waals surface area (Å²) in [4.78, 5) is 4.88. The normalized spacial score (nSPS) is 26.6. The molecule has 3 heteroatoms. The van der Waals surface area contributed by atoms with Gasteiger partial charge in [-0.2, -0.15) is 0 Å². The molecule has 0 spiro atoms. The van der Waals surface area contributed by atoms with Gasteiger partial charge >= 0.3 is 0 Å². The molecule has 0 aromatic rings. The standard InChI is InChI=1S/C13H29N3/c1-4-9-16(11-10-15(2)3)13-8-6-5-7-12(13)14/h12-13H,4-11,14H2,1-3H3. The van der Waals surface area contributed by atoms with Crippen LogP contribution in [0.2, 0.25) is 0 Å². The Bertz CT molecular complexity index is 182. The molecule has 1 fully saturated rings. The molecule has 2 N–H and O–H groups in total. The number of hydrogen-bond donors (Lipinski definition) is 1. The van der Waals surface area contributed by atoms with Crippen molar-refractivity contribution in [2.45, 2.75) is 51.1 Å². The number of nitrogens with two attached hydrogens (primary N) is 1. The summed E-state index contributed by atoms with van der Waals surface area (Å²) in [6.07, 6.45) is 6.43. The Balaban J connectivity index is 2.46. The third-order valence-corrected chi connectivity index (χ3v) is 3.60. The van der Waals surface area contributed by atoms with Crippen molar-refractivity contribution in [3.05, 3.63) is 0 Å². The molecule has 0 amide bonds. The lowest BCUT2D eigenvalue weighted by Gasteiger charge is -2.38. The third kappa shape index (κ3) is 4.40. The fraction of sp³-hybridized carbons (Fsp3) is 1.00. The Labute approximate surface area is 101 Å². The summed E-state index contributed by atoms with van der Waals surface area (Å²) in [7, 11) is 4.29. The summed E-state index contributed by atoms with van der Waals surface area (Å²) >= 11 is 0. The van der Waals surface area contributed by atoms with Crippen molar-refractivity contribution in [2.75, 3.05) is 33.7 Å². The van der Waals surface area contributed by atoms with Crippen molar-refractivity contribution in [1.29, 1.82) is 0 Å². The average Bonchev–Trinajstić information content (AvgIpc) is 2.25. The van der Waals surface area contributed by atoms with Gasteiger partial charge in [0.1, 0.15) is 0 Å². The molecule has 0 bridgehead atoms. The molecule has 2 atom stereocenters. The number of rotatable bonds is 6. The van der Waals surface area contributed by atoms with Crippen molar-refractivity contribution >= 4 is 0 Å². The van der Waals surface area contributed by atoms with Gasteiger partial charge < -0.3 is 10.6 Å². The Morgan fingerprint density at radius 2 is 1.75 bits per heavy atom. The molecule has 1 aliphatic carbocycles. The fourth-order valence-corrected chi connectivity index (χ4v) is 2.65. The Hall–Kier alpha value is -0.120. The molecule has 1 aliphatic rings. The van der Waals surface area contributed by atoms with Crippen LogP contribution in [0.4, 0.5) is 0 Å². The predicted molar refractivity (Wildman–Crippen MR) is 70.6 cm³/mol. The van der Waals surface area contributed by atoms with Crippen LogP contribution < -0.4 is 5.73 Å². The van der Waals surface area contributed by atoms with E-state index < -0.39 is 0 Å². The Kier molecular flexibility index (Phi) is 6.32. The molecule has 2 unspecified atom stereocenters. The van der Waals surface area contributed by atoms with Crippen molar-refractivity contribution in [1.82, 2.24) is 9.80 Å². The van der Waals surface area contributed by atoms with Gasteiger partial charge in [-0.1, -0.05) is 19.8 Å². The lowest BCUT2D eigenvalue weighted by Crippen LogP contribution is -2.51. The van der Waals surface area contributed by atoms with E-state index in [2.05, 4.69) is 30.8 Å². The first-order valence-corrected chi connectivity index (χ1v) is 6.79. The fourth-order valence-electron chi connectivity index (χ4n) is 2.65. The highest BCUT2D eigenvalue weighted by Crippen LogP contribution is 2.22. The van der Waals surface area contributed by atoms with Gasteiger partial charge in [0.15, 0.2) is 0 Å². The molecule has 96 valence electrons. The van der Waals surface area contributed by atoms with E-state index in [1.165, 1.54) is 45.2 Å². The maximum Gasteiger partial charge on any atom is 0.0247 e. The van der Waals surface area contributed by atoms with E-state index >= 15 is 0 Å². The van der Waals surface area contributed by atoms with Crippen LogP contribution >= 0.6 is 0 Å². The first-order valence-electron chi connectivity index (χ1n) is 6.79. The van der Waals surface area contributed by atoms with E-state index in [4.69, 9.17) is 5.73 Å². The maximum absolute atomic E-state index is 6.26. The largest absolute Gasteiger partial charge is 0.326 e. The van der Waals surface area contributed by atoms with Gasteiger partial charge in [-0.15, -0.1) is 0 Å². The summed E-state index contributed by atoms with van der Waals surface area (Å²) in [6, 6.07) is 1.04. The Morgan fingerprint density at radius 3 is 2.31 bits per heavy atom. The highest BCUT2D eigenvalue weighted by Gasteiger charge is 2.26. The minimum atomic E-state index is 0.405. The number of likely N-dealkylation sites (N-methyl/N-ethyl adjacent to an activating group) is 1. The van der Waals surface area contributed by atoms with Crippen LogP contribution in [-0.2, 0) is 0 Å². The van der Waals surface area contributed by atoms with Crippen LogP contribution in [0, 0.1) is 0 Å². The molecule has 16 heavy (non-hydrogen) atoms. The van der Waals surface area contributed by atoms with Crippen molar-refractivity contribution < 1.29 is 0 Å². The minimum absolute atomic E-state index is 0.405. The van der Waals surface area contributed by atoms with E-state index in [9.17, 15) is 0 Å². The van der Waals surface area contributed by atoms with Crippen LogP contribution in [-0.4, -0.2) is 55.6 Å². The van der Waals surface area contributed by atoms with Crippen LogP contribution in [0.1, 0.15) is 39.0 Å². The lowest BCUT2D eigenvalue weighted by atomic mass is 9.89. The number of nitrogens with zero attached hydrogens (tertiary/aromatic N) is 2. The molecule has 1 saturated carbocycles. The highest BCUT2D eigenvalue weighted by molar-refractivity contribution is 4.86. The summed E-state index contributed by atoms with van der Waals surface area (Å²) in [5.41, 5.74) is 6.26. The van der Waals surface area contributed by atoms with Gasteiger partial charge in [-0.25, -0.2) is 0 Å². The third-order valence-electron chi connectivity index (χ3n) is 3.60. The molecule has 1 rings (SSSR count). The zero-order valence-electron chi connectivity index (χ0n) is 11.3. The zero-order chi connectivity index (χ0) is 12.0. The minimum Gasteiger partial charge on any atom is -0.326 e. The van der Waals surface area contributed by atoms with Crippen LogP contribution in [0.5, 0.6) is 0 Å². The van der Waals surface area contributed by atoms with Crippen molar-refractivity contribution in [2.24, 2.45) is 5.73 Å². The smallest absolute Gasteiger partial charge is 0.0247 e. The monoisotopic (exact) mass is 227 g/mol.